The van der Waals surface area contributed by atoms with Crippen molar-refractivity contribution in [2.75, 3.05) is 18.4 Å². The third-order valence-corrected chi connectivity index (χ3v) is 6.98. The maximum absolute atomic E-state index is 13.3. The molecule has 7 heteroatoms. The summed E-state index contributed by atoms with van der Waals surface area (Å²) in [5.41, 5.74) is 9.96. The number of aryl methyl sites for hydroxylation is 1. The van der Waals surface area contributed by atoms with E-state index < -0.39 is 0 Å². The summed E-state index contributed by atoms with van der Waals surface area (Å²) >= 11 is 0. The Labute approximate surface area is 188 Å². The van der Waals surface area contributed by atoms with E-state index in [1.807, 2.05) is 31.3 Å². The average molecular weight is 431 g/mol. The fourth-order valence-electron chi connectivity index (χ4n) is 4.80. The number of piperidine rings is 1. The second-order valence-corrected chi connectivity index (χ2v) is 9.07. The Hall–Kier alpha value is -3.35. The molecule has 1 aromatic heterocycles. The van der Waals surface area contributed by atoms with Crippen molar-refractivity contribution in [2.24, 2.45) is 12.8 Å². The van der Waals surface area contributed by atoms with Gasteiger partial charge in [-0.1, -0.05) is 6.07 Å². The molecular formula is C25H30N6O. The third-order valence-electron chi connectivity index (χ3n) is 6.98. The van der Waals surface area contributed by atoms with Gasteiger partial charge in [0.1, 0.15) is 11.7 Å². The average Bonchev–Trinajstić information content (AvgIpc) is 3.57. The molecule has 0 unspecified atom stereocenters. The van der Waals surface area contributed by atoms with Crippen LogP contribution in [0.5, 0.6) is 0 Å². The van der Waals surface area contributed by atoms with E-state index >= 15 is 0 Å². The Morgan fingerprint density at radius 1 is 1.12 bits per heavy atom. The summed E-state index contributed by atoms with van der Waals surface area (Å²) < 4.78 is 2.10. The van der Waals surface area contributed by atoms with Gasteiger partial charge in [0.2, 0.25) is 5.91 Å². The lowest BCUT2D eigenvalue weighted by Crippen LogP contribution is -2.42. The van der Waals surface area contributed by atoms with Gasteiger partial charge in [-0.15, -0.1) is 0 Å². The van der Waals surface area contributed by atoms with Gasteiger partial charge in [-0.05, 0) is 74.1 Å². The lowest BCUT2D eigenvalue weighted by atomic mass is 9.93. The van der Waals surface area contributed by atoms with Crippen LogP contribution in [0.4, 0.5) is 5.69 Å². The molecule has 7 nitrogen and oxygen atoms in total. The molecule has 2 aromatic carbocycles. The number of imidazole rings is 1. The number of fused-ring (bicyclic) bond motifs is 1. The molecule has 2 aliphatic rings. The van der Waals surface area contributed by atoms with Crippen molar-refractivity contribution in [3.8, 4) is 0 Å². The molecule has 4 N–H and O–H groups in total. The minimum absolute atomic E-state index is 0.0647. The van der Waals surface area contributed by atoms with Crippen molar-refractivity contribution >= 4 is 28.5 Å². The molecule has 166 valence electrons. The highest BCUT2D eigenvalue weighted by molar-refractivity contribution is 5.95. The number of hydrogen-bond donors (Lipinski definition) is 3. The predicted octanol–water partition coefficient (Wildman–Crippen LogP) is 3.51. The summed E-state index contributed by atoms with van der Waals surface area (Å²) in [5.74, 6) is 1.30. The first-order valence-electron chi connectivity index (χ1n) is 11.4. The molecule has 0 bridgehead atoms. The quantitative estimate of drug-likeness (QED) is 0.411. The number of anilines is 1. The molecular weight excluding hydrogens is 400 g/mol. The largest absolute Gasteiger partial charge is 0.384 e. The third kappa shape index (κ3) is 3.61. The summed E-state index contributed by atoms with van der Waals surface area (Å²) in [7, 11) is 2.02. The van der Waals surface area contributed by atoms with Crippen LogP contribution in [0.3, 0.4) is 0 Å². The topological polar surface area (TPSA) is 100 Å². The number of carbonyl (C=O) groups excluding carboxylic acids is 1. The summed E-state index contributed by atoms with van der Waals surface area (Å²) in [4.78, 5) is 20.2. The van der Waals surface area contributed by atoms with Crippen LogP contribution in [0.25, 0.3) is 11.0 Å². The van der Waals surface area contributed by atoms with E-state index in [0.29, 0.717) is 18.0 Å². The van der Waals surface area contributed by atoms with Crippen molar-refractivity contribution in [1.29, 1.82) is 5.41 Å². The molecule has 3 aromatic rings. The smallest absolute Gasteiger partial charge is 0.233 e. The van der Waals surface area contributed by atoms with Crippen molar-refractivity contribution in [3.05, 3.63) is 59.4 Å². The lowest BCUT2D eigenvalue weighted by molar-refractivity contribution is -0.134. The number of rotatable bonds is 6. The second-order valence-electron chi connectivity index (χ2n) is 9.07. The maximum Gasteiger partial charge on any atom is 0.233 e. The van der Waals surface area contributed by atoms with Crippen LogP contribution in [0.1, 0.15) is 49.1 Å². The van der Waals surface area contributed by atoms with Gasteiger partial charge in [0.05, 0.1) is 23.0 Å². The monoisotopic (exact) mass is 430 g/mol. The standard InChI is InChI=1S/C25H30N6O/c1-30-21-10-7-18(25(11-12-25)24(32)31-13-3-2-4-14-31)15-20(21)29-22(30)16-28-19-8-5-17(6-9-19)23(26)27/h5-10,15,28H,2-4,11-14,16H2,1H3,(H3,26,27). The maximum atomic E-state index is 13.3. The summed E-state index contributed by atoms with van der Waals surface area (Å²) in [6.07, 6.45) is 5.34. The number of nitrogens with two attached hydrogens (primary N) is 1. The molecule has 1 aliphatic heterocycles. The first-order chi connectivity index (χ1) is 15.5. The summed E-state index contributed by atoms with van der Waals surface area (Å²) in [5, 5.41) is 10.9. The molecule has 0 atom stereocenters. The van der Waals surface area contributed by atoms with E-state index in [1.165, 1.54) is 6.42 Å². The number of carbonyl (C=O) groups is 1. The number of amidine groups is 1. The highest BCUT2D eigenvalue weighted by atomic mass is 16.2. The molecule has 1 aliphatic carbocycles. The summed E-state index contributed by atoms with van der Waals surface area (Å²) in [6.45, 7) is 2.38. The van der Waals surface area contributed by atoms with Crippen LogP contribution < -0.4 is 11.1 Å². The van der Waals surface area contributed by atoms with Gasteiger partial charge in [-0.2, -0.15) is 0 Å². The number of aromatic nitrogens is 2. The highest BCUT2D eigenvalue weighted by Gasteiger charge is 2.53. The SMILES string of the molecule is Cn1c(CNc2ccc(C(=N)N)cc2)nc2cc(C3(C(=O)N4CCCCC4)CC3)ccc21. The molecule has 2 heterocycles. The number of nitrogens with zero attached hydrogens (tertiary/aromatic N) is 3. The molecule has 1 saturated heterocycles. The number of nitrogen functional groups attached to an aromatic ring is 1. The van der Waals surface area contributed by atoms with E-state index in [0.717, 1.165) is 66.9 Å². The second kappa shape index (κ2) is 7.97. The van der Waals surface area contributed by atoms with Gasteiger partial charge in [-0.25, -0.2) is 4.98 Å². The lowest BCUT2D eigenvalue weighted by Gasteiger charge is -2.30. The zero-order valence-corrected chi connectivity index (χ0v) is 18.5. The van der Waals surface area contributed by atoms with E-state index in [-0.39, 0.29) is 11.3 Å². The Bertz CT molecular complexity index is 1170. The molecule has 0 spiro atoms. The number of nitrogens with one attached hydrogen (secondary N) is 2. The summed E-state index contributed by atoms with van der Waals surface area (Å²) in [6, 6.07) is 13.8. The van der Waals surface area contributed by atoms with Gasteiger partial charge in [0.15, 0.2) is 0 Å². The van der Waals surface area contributed by atoms with Crippen molar-refractivity contribution in [3.63, 3.8) is 0 Å². The number of amides is 1. The minimum Gasteiger partial charge on any atom is -0.384 e. The minimum atomic E-state index is -0.333. The van der Waals surface area contributed by atoms with E-state index in [4.69, 9.17) is 16.1 Å². The van der Waals surface area contributed by atoms with Crippen molar-refractivity contribution in [2.45, 2.75) is 44.1 Å². The van der Waals surface area contributed by atoms with Crippen LogP contribution in [-0.4, -0.2) is 39.3 Å². The fraction of sp³-hybridized carbons (Fsp3) is 0.400. The molecule has 5 rings (SSSR count). The van der Waals surface area contributed by atoms with Crippen LogP contribution >= 0.6 is 0 Å². The van der Waals surface area contributed by atoms with E-state index in [2.05, 4.69) is 33.0 Å². The normalized spacial score (nSPS) is 17.3. The van der Waals surface area contributed by atoms with Crippen LogP contribution in [0, 0.1) is 5.41 Å². The number of benzene rings is 2. The Kier molecular flexibility index (Phi) is 5.12. The number of likely N-dealkylation sites (tertiary alicyclic amines) is 1. The molecule has 0 radical (unpaired) electrons. The van der Waals surface area contributed by atoms with Gasteiger partial charge >= 0.3 is 0 Å². The molecule has 2 fully saturated rings. The van der Waals surface area contributed by atoms with Crippen LogP contribution in [-0.2, 0) is 23.8 Å². The number of hydrogen-bond acceptors (Lipinski definition) is 4. The zero-order chi connectivity index (χ0) is 22.3. The highest BCUT2D eigenvalue weighted by Crippen LogP contribution is 2.50. The van der Waals surface area contributed by atoms with Gasteiger partial charge < -0.3 is 20.5 Å². The Balaban J connectivity index is 1.35. The van der Waals surface area contributed by atoms with Crippen molar-refractivity contribution in [1.82, 2.24) is 14.5 Å². The zero-order valence-electron chi connectivity index (χ0n) is 18.5. The first kappa shape index (κ1) is 20.5. The van der Waals surface area contributed by atoms with Gasteiger partial charge in [0, 0.05) is 31.4 Å². The van der Waals surface area contributed by atoms with Crippen molar-refractivity contribution < 1.29 is 4.79 Å². The predicted molar refractivity (Wildman–Crippen MR) is 127 cm³/mol. The Morgan fingerprint density at radius 3 is 2.50 bits per heavy atom. The molecule has 32 heavy (non-hydrogen) atoms. The Morgan fingerprint density at radius 2 is 1.84 bits per heavy atom. The van der Waals surface area contributed by atoms with E-state index in [1.54, 1.807) is 0 Å². The molecule has 1 saturated carbocycles. The van der Waals surface area contributed by atoms with E-state index in [9.17, 15) is 4.79 Å². The first-order valence-corrected chi connectivity index (χ1v) is 11.4. The fourth-order valence-corrected chi connectivity index (χ4v) is 4.80. The molecule has 1 amide bonds. The van der Waals surface area contributed by atoms with Gasteiger partial charge in [0.25, 0.3) is 0 Å². The van der Waals surface area contributed by atoms with Crippen LogP contribution in [0.2, 0.25) is 0 Å². The van der Waals surface area contributed by atoms with Gasteiger partial charge in [-0.3, -0.25) is 10.2 Å². The van der Waals surface area contributed by atoms with Crippen LogP contribution in [0.15, 0.2) is 42.5 Å².